The van der Waals surface area contributed by atoms with Gasteiger partial charge in [0.05, 0.1) is 11.3 Å². The van der Waals surface area contributed by atoms with Crippen LogP contribution in [0.1, 0.15) is 63.5 Å². The molecule has 0 aliphatic carbocycles. The fourth-order valence-corrected chi connectivity index (χ4v) is 5.25. The molecular weight excluding hydrogens is 398 g/mol. The fourth-order valence-electron chi connectivity index (χ4n) is 5.25. The Balaban J connectivity index is 1.47. The van der Waals surface area contributed by atoms with Gasteiger partial charge in [-0.2, -0.15) is 5.10 Å². The van der Waals surface area contributed by atoms with Crippen molar-refractivity contribution >= 4 is 16.6 Å². The van der Waals surface area contributed by atoms with E-state index in [1.54, 1.807) is 6.33 Å². The van der Waals surface area contributed by atoms with E-state index < -0.39 is 5.60 Å². The van der Waals surface area contributed by atoms with Crippen molar-refractivity contribution in [3.8, 4) is 11.3 Å². The number of pyridine rings is 1. The number of aromatic amines is 1. The zero-order chi connectivity index (χ0) is 22.5. The van der Waals surface area contributed by atoms with Crippen LogP contribution in [0.5, 0.6) is 0 Å². The van der Waals surface area contributed by atoms with Crippen LogP contribution in [0.3, 0.4) is 0 Å². The third kappa shape index (κ3) is 4.05. The summed E-state index contributed by atoms with van der Waals surface area (Å²) in [6, 6.07) is 11.1. The highest BCUT2D eigenvalue weighted by Crippen LogP contribution is 2.38. The van der Waals surface area contributed by atoms with E-state index in [1.165, 1.54) is 27.7 Å². The first-order valence-electron chi connectivity index (χ1n) is 11.7. The lowest BCUT2D eigenvalue weighted by atomic mass is 9.87. The molecule has 1 fully saturated rings. The van der Waals surface area contributed by atoms with Gasteiger partial charge in [-0.1, -0.05) is 19.9 Å². The van der Waals surface area contributed by atoms with Crippen LogP contribution in [0.2, 0.25) is 0 Å². The smallest absolute Gasteiger partial charge is 0.155 e. The molecule has 1 saturated heterocycles. The van der Waals surface area contributed by atoms with Crippen LogP contribution in [0.4, 0.5) is 0 Å². The average Bonchev–Trinajstić information content (AvgIpc) is 3.36. The number of nitrogens with zero attached hydrogens (tertiary/aromatic N) is 4. The van der Waals surface area contributed by atoms with Crippen molar-refractivity contribution in [1.29, 1.82) is 0 Å². The lowest BCUT2D eigenvalue weighted by molar-refractivity contribution is 0.0282. The summed E-state index contributed by atoms with van der Waals surface area (Å²) in [6.07, 6.45) is 5.92. The zero-order valence-electron chi connectivity index (χ0n) is 19.5. The number of piperidine rings is 1. The Hall–Kier alpha value is -2.70. The minimum absolute atomic E-state index is 0.397. The van der Waals surface area contributed by atoms with Gasteiger partial charge >= 0.3 is 0 Å². The Morgan fingerprint density at radius 3 is 2.66 bits per heavy atom. The minimum atomic E-state index is -0.630. The molecule has 0 atom stereocenters. The molecule has 5 rings (SSSR count). The molecule has 6 heteroatoms. The van der Waals surface area contributed by atoms with Crippen LogP contribution >= 0.6 is 0 Å². The molecule has 1 aromatic carbocycles. The van der Waals surface area contributed by atoms with Crippen molar-refractivity contribution in [2.45, 2.75) is 58.0 Å². The molecule has 32 heavy (non-hydrogen) atoms. The lowest BCUT2D eigenvalue weighted by Crippen LogP contribution is -2.42. The Morgan fingerprint density at radius 2 is 1.94 bits per heavy atom. The molecule has 2 N–H and O–H groups in total. The molecule has 1 aliphatic heterocycles. The summed E-state index contributed by atoms with van der Waals surface area (Å²) >= 11 is 0. The summed E-state index contributed by atoms with van der Waals surface area (Å²) in [6.45, 7) is 11.1. The maximum atomic E-state index is 10.1. The highest BCUT2D eigenvalue weighted by Gasteiger charge is 2.25. The fraction of sp³-hybridized carbons (Fsp3) is 0.462. The third-order valence-electron chi connectivity index (χ3n) is 6.67. The maximum absolute atomic E-state index is 10.1. The lowest BCUT2D eigenvalue weighted by Gasteiger charge is -2.35. The first kappa shape index (κ1) is 21.2. The predicted molar refractivity (Wildman–Crippen MR) is 129 cm³/mol. The molecule has 0 amide bonds. The van der Waals surface area contributed by atoms with E-state index in [4.69, 9.17) is 0 Å². The van der Waals surface area contributed by atoms with Gasteiger partial charge in [-0.25, -0.2) is 9.50 Å². The van der Waals surface area contributed by atoms with Gasteiger partial charge in [-0.3, -0.25) is 0 Å². The van der Waals surface area contributed by atoms with E-state index in [0.29, 0.717) is 11.8 Å². The summed E-state index contributed by atoms with van der Waals surface area (Å²) in [4.78, 5) is 10.3. The molecule has 168 valence electrons. The number of fused-ring (bicyclic) bond motifs is 2. The van der Waals surface area contributed by atoms with Crippen molar-refractivity contribution in [2.24, 2.45) is 0 Å². The standard InChI is InChI=1S/C26H33N5O/c1-17(2)24-21-13-19(18-9-11-30(12-10-18)15-26(3,4)32)5-7-22(21)29-25(24)20-6-8-23-27-16-28-31(23)14-20/h5-8,13-14,16-18,29,32H,9-12,15H2,1-4H3. The Bertz CT molecular complexity index is 1240. The number of nitrogens with one attached hydrogen (secondary N) is 1. The SMILES string of the molecule is CC(C)c1c(-c2ccc3ncnn3c2)[nH]c2ccc(C3CCN(CC(C)(C)O)CC3)cc12. The Labute approximate surface area is 189 Å². The summed E-state index contributed by atoms with van der Waals surface area (Å²) in [5.74, 6) is 0.969. The number of aliphatic hydroxyl groups is 1. The number of hydrogen-bond donors (Lipinski definition) is 2. The summed E-state index contributed by atoms with van der Waals surface area (Å²) < 4.78 is 1.83. The van der Waals surface area contributed by atoms with Crippen molar-refractivity contribution in [3.05, 3.63) is 54.0 Å². The van der Waals surface area contributed by atoms with Crippen molar-refractivity contribution in [1.82, 2.24) is 24.5 Å². The molecule has 4 aromatic rings. The van der Waals surface area contributed by atoms with Gasteiger partial charge in [0.25, 0.3) is 0 Å². The van der Waals surface area contributed by atoms with Crippen molar-refractivity contribution < 1.29 is 5.11 Å². The van der Waals surface area contributed by atoms with Gasteiger partial charge in [-0.15, -0.1) is 0 Å². The number of H-pyrrole nitrogens is 1. The van der Waals surface area contributed by atoms with E-state index in [-0.39, 0.29) is 0 Å². The molecule has 0 saturated carbocycles. The zero-order valence-corrected chi connectivity index (χ0v) is 19.5. The minimum Gasteiger partial charge on any atom is -0.389 e. The van der Waals surface area contributed by atoms with E-state index in [2.05, 4.69) is 64.3 Å². The predicted octanol–water partition coefficient (Wildman–Crippen LogP) is 4.95. The van der Waals surface area contributed by atoms with Crippen LogP contribution in [-0.4, -0.2) is 54.8 Å². The summed E-state index contributed by atoms with van der Waals surface area (Å²) in [5, 5.41) is 15.8. The largest absolute Gasteiger partial charge is 0.389 e. The van der Waals surface area contributed by atoms with E-state index in [1.807, 2.05) is 24.4 Å². The molecular formula is C26H33N5O. The van der Waals surface area contributed by atoms with Gasteiger partial charge in [0.2, 0.25) is 0 Å². The van der Waals surface area contributed by atoms with E-state index in [0.717, 1.165) is 43.7 Å². The van der Waals surface area contributed by atoms with Crippen molar-refractivity contribution in [2.75, 3.05) is 19.6 Å². The second-order valence-electron chi connectivity index (χ2n) is 10.2. The number of benzene rings is 1. The van der Waals surface area contributed by atoms with E-state index >= 15 is 0 Å². The third-order valence-corrected chi connectivity index (χ3v) is 6.67. The highest BCUT2D eigenvalue weighted by atomic mass is 16.3. The molecule has 3 aromatic heterocycles. The van der Waals surface area contributed by atoms with Gasteiger partial charge in [-0.05, 0) is 87.0 Å². The summed E-state index contributed by atoms with van der Waals surface area (Å²) in [7, 11) is 0. The molecule has 6 nitrogen and oxygen atoms in total. The van der Waals surface area contributed by atoms with Gasteiger partial charge in [0.15, 0.2) is 5.65 Å². The second kappa shape index (κ2) is 8.01. The highest BCUT2D eigenvalue weighted by molar-refractivity contribution is 5.92. The second-order valence-corrected chi connectivity index (χ2v) is 10.2. The molecule has 0 spiro atoms. The monoisotopic (exact) mass is 431 g/mol. The van der Waals surface area contributed by atoms with E-state index in [9.17, 15) is 5.11 Å². The number of β-amino-alcohol motifs (C(OH)–C–C–N with tert-alkyl or cyclic N) is 1. The normalized spacial score (nSPS) is 16.6. The van der Waals surface area contributed by atoms with Gasteiger partial charge in [0.1, 0.15) is 6.33 Å². The Kier molecular flexibility index (Phi) is 5.30. The average molecular weight is 432 g/mol. The maximum Gasteiger partial charge on any atom is 0.155 e. The quantitative estimate of drug-likeness (QED) is 0.469. The summed E-state index contributed by atoms with van der Waals surface area (Å²) in [5.41, 5.74) is 6.50. The van der Waals surface area contributed by atoms with Crippen LogP contribution in [0, 0.1) is 0 Å². The van der Waals surface area contributed by atoms with Crippen LogP contribution < -0.4 is 0 Å². The van der Waals surface area contributed by atoms with Gasteiger partial charge in [0, 0.05) is 29.2 Å². The Morgan fingerprint density at radius 1 is 1.16 bits per heavy atom. The van der Waals surface area contributed by atoms with Crippen LogP contribution in [0.25, 0.3) is 27.8 Å². The molecule has 0 radical (unpaired) electrons. The molecule has 0 unspecified atom stereocenters. The number of likely N-dealkylation sites (tertiary alicyclic amines) is 1. The molecule has 0 bridgehead atoms. The number of rotatable bonds is 5. The van der Waals surface area contributed by atoms with Crippen LogP contribution in [-0.2, 0) is 0 Å². The topological polar surface area (TPSA) is 69.5 Å². The molecule has 1 aliphatic rings. The van der Waals surface area contributed by atoms with Crippen LogP contribution in [0.15, 0.2) is 42.9 Å². The first-order chi connectivity index (χ1) is 15.3. The van der Waals surface area contributed by atoms with Crippen molar-refractivity contribution in [3.63, 3.8) is 0 Å². The first-order valence-corrected chi connectivity index (χ1v) is 11.7. The molecule has 4 heterocycles. The van der Waals surface area contributed by atoms with Gasteiger partial charge < -0.3 is 15.0 Å². The number of hydrogen-bond acceptors (Lipinski definition) is 4. The number of aromatic nitrogens is 4.